The van der Waals surface area contributed by atoms with Crippen LogP contribution in [0.2, 0.25) is 0 Å². The topological polar surface area (TPSA) is 93.1 Å². The summed E-state index contributed by atoms with van der Waals surface area (Å²) in [6.45, 7) is 3.00. The van der Waals surface area contributed by atoms with E-state index < -0.39 is 12.0 Å². The molecule has 0 spiro atoms. The van der Waals surface area contributed by atoms with Crippen LogP contribution in [0.4, 0.5) is 4.79 Å². The average Bonchev–Trinajstić information content (AvgIpc) is 2.70. The number of urea groups is 1. The number of nitrogens with one attached hydrogen (secondary N) is 1. The lowest BCUT2D eigenvalue weighted by Gasteiger charge is -2.23. The minimum Gasteiger partial charge on any atom is -0.480 e. The molecule has 0 bridgehead atoms. The SMILES string of the molecule is CC1CN(C(=O)N[C@@H](CCO)C(=O)O)CC1N(C)C. The van der Waals surface area contributed by atoms with E-state index in [0.29, 0.717) is 19.0 Å². The minimum atomic E-state index is -1.13. The number of carboxylic acid groups (broad SMARTS) is 1. The van der Waals surface area contributed by atoms with Gasteiger partial charge in [0.15, 0.2) is 0 Å². The molecule has 7 heteroatoms. The van der Waals surface area contributed by atoms with Crippen LogP contribution in [-0.2, 0) is 4.79 Å². The maximum atomic E-state index is 12.0. The van der Waals surface area contributed by atoms with Crippen molar-refractivity contribution in [3.8, 4) is 0 Å². The van der Waals surface area contributed by atoms with Crippen molar-refractivity contribution >= 4 is 12.0 Å². The quantitative estimate of drug-likeness (QED) is 0.623. The number of hydrogen-bond donors (Lipinski definition) is 3. The predicted octanol–water partition coefficient (Wildman–Crippen LogP) is -0.586. The van der Waals surface area contributed by atoms with E-state index in [4.69, 9.17) is 10.2 Å². The number of carboxylic acids is 1. The first-order valence-corrected chi connectivity index (χ1v) is 6.42. The number of aliphatic hydroxyl groups is 1. The number of rotatable bonds is 5. The summed E-state index contributed by atoms with van der Waals surface area (Å²) in [5.74, 6) is -0.777. The number of carbonyl (C=O) groups excluding carboxylic acids is 1. The molecule has 3 N–H and O–H groups in total. The van der Waals surface area contributed by atoms with Crippen molar-refractivity contribution in [2.75, 3.05) is 33.8 Å². The molecular weight excluding hydrogens is 250 g/mol. The third kappa shape index (κ3) is 4.07. The maximum Gasteiger partial charge on any atom is 0.326 e. The second kappa shape index (κ2) is 6.72. The number of nitrogens with zero attached hydrogens (tertiary/aromatic N) is 2. The van der Waals surface area contributed by atoms with E-state index in [1.807, 2.05) is 14.1 Å². The third-order valence-electron chi connectivity index (χ3n) is 3.54. The molecule has 110 valence electrons. The second-order valence-electron chi connectivity index (χ2n) is 5.27. The van der Waals surface area contributed by atoms with Gasteiger partial charge in [0, 0.05) is 32.2 Å². The Bertz CT molecular complexity index is 335. The molecule has 0 radical (unpaired) electrons. The number of amides is 2. The molecule has 1 saturated heterocycles. The Labute approximate surface area is 113 Å². The lowest BCUT2D eigenvalue weighted by Crippen LogP contribution is -2.48. The fourth-order valence-electron chi connectivity index (χ4n) is 2.41. The summed E-state index contributed by atoms with van der Waals surface area (Å²) < 4.78 is 0. The minimum absolute atomic E-state index is 0.0155. The molecule has 0 aromatic rings. The Kier molecular flexibility index (Phi) is 5.56. The van der Waals surface area contributed by atoms with Gasteiger partial charge in [-0.1, -0.05) is 6.92 Å². The van der Waals surface area contributed by atoms with Gasteiger partial charge < -0.3 is 25.3 Å². The predicted molar refractivity (Wildman–Crippen MR) is 69.9 cm³/mol. The highest BCUT2D eigenvalue weighted by Gasteiger charge is 2.34. The van der Waals surface area contributed by atoms with Gasteiger partial charge in [0.25, 0.3) is 0 Å². The summed E-state index contributed by atoms with van der Waals surface area (Å²) in [5.41, 5.74) is 0. The third-order valence-corrected chi connectivity index (χ3v) is 3.54. The van der Waals surface area contributed by atoms with E-state index in [0.717, 1.165) is 0 Å². The van der Waals surface area contributed by atoms with Crippen LogP contribution >= 0.6 is 0 Å². The van der Waals surface area contributed by atoms with Crippen molar-refractivity contribution < 1.29 is 19.8 Å². The summed E-state index contributed by atoms with van der Waals surface area (Å²) >= 11 is 0. The highest BCUT2D eigenvalue weighted by molar-refractivity contribution is 5.82. The van der Waals surface area contributed by atoms with Gasteiger partial charge in [-0.15, -0.1) is 0 Å². The smallest absolute Gasteiger partial charge is 0.326 e. The highest BCUT2D eigenvalue weighted by atomic mass is 16.4. The molecule has 3 atom stereocenters. The molecule has 2 amide bonds. The van der Waals surface area contributed by atoms with Crippen molar-refractivity contribution in [1.29, 1.82) is 0 Å². The van der Waals surface area contributed by atoms with Crippen LogP contribution in [0.15, 0.2) is 0 Å². The van der Waals surface area contributed by atoms with E-state index in [2.05, 4.69) is 17.1 Å². The van der Waals surface area contributed by atoms with Gasteiger partial charge in [0.1, 0.15) is 6.04 Å². The summed E-state index contributed by atoms with van der Waals surface area (Å²) in [6, 6.07) is -1.13. The molecule has 1 fully saturated rings. The lowest BCUT2D eigenvalue weighted by atomic mass is 10.1. The van der Waals surface area contributed by atoms with Gasteiger partial charge in [-0.25, -0.2) is 9.59 Å². The van der Waals surface area contributed by atoms with Crippen molar-refractivity contribution in [3.05, 3.63) is 0 Å². The molecule has 2 unspecified atom stereocenters. The Morgan fingerprint density at radius 1 is 1.42 bits per heavy atom. The molecule has 1 aliphatic rings. The molecular formula is C12H23N3O4. The molecule has 0 aromatic carbocycles. The van der Waals surface area contributed by atoms with Gasteiger partial charge in [-0.3, -0.25) is 0 Å². The molecule has 19 heavy (non-hydrogen) atoms. The van der Waals surface area contributed by atoms with E-state index in [1.165, 1.54) is 0 Å². The summed E-state index contributed by atoms with van der Waals surface area (Å²) in [7, 11) is 3.93. The molecule has 0 aromatic heterocycles. The van der Waals surface area contributed by atoms with Crippen molar-refractivity contribution in [2.24, 2.45) is 5.92 Å². The van der Waals surface area contributed by atoms with Crippen LogP contribution < -0.4 is 5.32 Å². The average molecular weight is 273 g/mol. The normalized spacial score (nSPS) is 24.6. The van der Waals surface area contributed by atoms with Gasteiger partial charge >= 0.3 is 12.0 Å². The van der Waals surface area contributed by atoms with Crippen LogP contribution in [0.25, 0.3) is 0 Å². The Morgan fingerprint density at radius 2 is 2.05 bits per heavy atom. The number of carbonyl (C=O) groups is 2. The second-order valence-corrected chi connectivity index (χ2v) is 5.27. The molecule has 1 heterocycles. The summed E-state index contributed by atoms with van der Waals surface area (Å²) in [6.07, 6.45) is 0.0155. The zero-order valence-electron chi connectivity index (χ0n) is 11.7. The first-order valence-electron chi connectivity index (χ1n) is 6.42. The van der Waals surface area contributed by atoms with E-state index >= 15 is 0 Å². The standard InChI is InChI=1S/C12H23N3O4/c1-8-6-15(7-10(8)14(2)3)12(19)13-9(4-5-16)11(17)18/h8-10,16H,4-7H2,1-3H3,(H,13,19)(H,17,18)/t8?,9-,10?/m0/s1. The molecule has 0 aliphatic carbocycles. The van der Waals surface area contributed by atoms with Gasteiger partial charge in [-0.2, -0.15) is 0 Å². The van der Waals surface area contributed by atoms with Gasteiger partial charge in [-0.05, 0) is 20.0 Å². The van der Waals surface area contributed by atoms with Crippen LogP contribution in [0, 0.1) is 5.92 Å². The monoisotopic (exact) mass is 273 g/mol. The fraction of sp³-hybridized carbons (Fsp3) is 0.833. The first kappa shape index (κ1) is 15.7. The van der Waals surface area contributed by atoms with Crippen LogP contribution in [-0.4, -0.2) is 77.9 Å². The molecule has 1 aliphatic heterocycles. The van der Waals surface area contributed by atoms with Crippen LogP contribution in [0.3, 0.4) is 0 Å². The van der Waals surface area contributed by atoms with Crippen molar-refractivity contribution in [1.82, 2.24) is 15.1 Å². The zero-order chi connectivity index (χ0) is 14.6. The first-order chi connectivity index (χ1) is 8.86. The largest absolute Gasteiger partial charge is 0.480 e. The molecule has 0 saturated carbocycles. The summed E-state index contributed by atoms with van der Waals surface area (Å²) in [5, 5.41) is 20.2. The van der Waals surface area contributed by atoms with E-state index in [-0.39, 0.29) is 25.1 Å². The Morgan fingerprint density at radius 3 is 2.47 bits per heavy atom. The number of aliphatic carboxylic acids is 1. The number of likely N-dealkylation sites (tertiary alicyclic amines) is 1. The number of aliphatic hydroxyl groups excluding tert-OH is 1. The number of hydrogen-bond acceptors (Lipinski definition) is 4. The van der Waals surface area contributed by atoms with Crippen molar-refractivity contribution in [2.45, 2.75) is 25.4 Å². The Balaban J connectivity index is 2.57. The Hall–Kier alpha value is -1.34. The molecule has 1 rings (SSSR count). The van der Waals surface area contributed by atoms with Crippen LogP contribution in [0.1, 0.15) is 13.3 Å². The van der Waals surface area contributed by atoms with Gasteiger partial charge in [0.2, 0.25) is 0 Å². The fourth-order valence-corrected chi connectivity index (χ4v) is 2.41. The zero-order valence-corrected chi connectivity index (χ0v) is 11.7. The molecule has 7 nitrogen and oxygen atoms in total. The highest BCUT2D eigenvalue weighted by Crippen LogP contribution is 2.19. The van der Waals surface area contributed by atoms with Gasteiger partial charge in [0.05, 0.1) is 0 Å². The summed E-state index contributed by atoms with van der Waals surface area (Å²) in [4.78, 5) is 26.6. The van der Waals surface area contributed by atoms with E-state index in [9.17, 15) is 9.59 Å². The lowest BCUT2D eigenvalue weighted by molar-refractivity contribution is -0.139. The van der Waals surface area contributed by atoms with E-state index in [1.54, 1.807) is 4.90 Å². The van der Waals surface area contributed by atoms with Crippen molar-refractivity contribution in [3.63, 3.8) is 0 Å². The number of likely N-dealkylation sites (N-methyl/N-ethyl adjacent to an activating group) is 1. The maximum absolute atomic E-state index is 12.0. The van der Waals surface area contributed by atoms with Crippen LogP contribution in [0.5, 0.6) is 0 Å².